The zero-order valence-electron chi connectivity index (χ0n) is 13.1. The molecule has 0 bridgehead atoms. The minimum absolute atomic E-state index is 0.196. The van der Waals surface area contributed by atoms with Gasteiger partial charge in [-0.15, -0.1) is 0 Å². The summed E-state index contributed by atoms with van der Waals surface area (Å²) in [4.78, 5) is 11.6. The number of hydrogen-bond donors (Lipinski definition) is 1. The van der Waals surface area contributed by atoms with Gasteiger partial charge in [0, 0.05) is 19.7 Å². The first-order valence-electron chi connectivity index (χ1n) is 7.07. The zero-order valence-corrected chi connectivity index (χ0v) is 13.9. The summed E-state index contributed by atoms with van der Waals surface area (Å²) >= 11 is 6.21. The number of rotatable bonds is 9. The number of methoxy groups -OCH3 is 2. The Kier molecular flexibility index (Phi) is 8.40. The van der Waals surface area contributed by atoms with Crippen LogP contribution in [-0.4, -0.2) is 39.9 Å². The van der Waals surface area contributed by atoms with Crippen LogP contribution >= 0.6 is 11.6 Å². The van der Waals surface area contributed by atoms with Gasteiger partial charge < -0.3 is 19.5 Å². The SMILES string of the molecule is CCCOc1c(Cl)cc(/C=C/C(=O)NCCOC)cc1OC. The van der Waals surface area contributed by atoms with Gasteiger partial charge in [0.2, 0.25) is 5.91 Å². The summed E-state index contributed by atoms with van der Waals surface area (Å²) < 4.78 is 15.7. The van der Waals surface area contributed by atoms with Crippen LogP contribution in [0.1, 0.15) is 18.9 Å². The van der Waals surface area contributed by atoms with E-state index >= 15 is 0 Å². The first-order valence-corrected chi connectivity index (χ1v) is 7.45. The number of nitrogens with one attached hydrogen (secondary N) is 1. The number of carbonyl (C=O) groups is 1. The standard InChI is InChI=1S/C16H22ClNO4/c1-4-8-22-16-13(17)10-12(11-14(16)21-3)5-6-15(19)18-7-9-20-2/h5-6,10-11H,4,7-9H2,1-3H3,(H,18,19)/b6-5+. The second-order valence-electron chi connectivity index (χ2n) is 4.50. The highest BCUT2D eigenvalue weighted by Gasteiger charge is 2.11. The fourth-order valence-electron chi connectivity index (χ4n) is 1.69. The number of benzene rings is 1. The summed E-state index contributed by atoms with van der Waals surface area (Å²) in [7, 11) is 3.13. The molecule has 6 heteroatoms. The molecule has 0 unspecified atom stereocenters. The van der Waals surface area contributed by atoms with Crippen LogP contribution in [-0.2, 0) is 9.53 Å². The Balaban J connectivity index is 2.79. The molecule has 0 fully saturated rings. The minimum atomic E-state index is -0.196. The maximum absolute atomic E-state index is 11.6. The average molecular weight is 328 g/mol. The van der Waals surface area contributed by atoms with E-state index in [1.54, 1.807) is 32.4 Å². The Hall–Kier alpha value is -1.72. The molecule has 1 rings (SSSR count). The zero-order chi connectivity index (χ0) is 16.4. The number of ether oxygens (including phenoxy) is 3. The molecule has 0 atom stereocenters. The quantitative estimate of drug-likeness (QED) is 0.559. The van der Waals surface area contributed by atoms with Gasteiger partial charge in [0.1, 0.15) is 0 Å². The lowest BCUT2D eigenvalue weighted by Gasteiger charge is -2.12. The predicted molar refractivity (Wildman–Crippen MR) is 87.7 cm³/mol. The molecule has 1 amide bonds. The van der Waals surface area contributed by atoms with Crippen molar-refractivity contribution in [3.8, 4) is 11.5 Å². The van der Waals surface area contributed by atoms with Gasteiger partial charge in [0.15, 0.2) is 11.5 Å². The first-order chi connectivity index (χ1) is 10.6. The molecule has 0 aromatic heterocycles. The third-order valence-corrected chi connectivity index (χ3v) is 3.02. The van der Waals surface area contributed by atoms with E-state index in [9.17, 15) is 4.79 Å². The molecule has 0 aliphatic carbocycles. The van der Waals surface area contributed by atoms with Crippen molar-refractivity contribution >= 4 is 23.6 Å². The Morgan fingerprint density at radius 2 is 2.09 bits per heavy atom. The molecule has 0 heterocycles. The van der Waals surface area contributed by atoms with Gasteiger partial charge >= 0.3 is 0 Å². The lowest BCUT2D eigenvalue weighted by molar-refractivity contribution is -0.116. The summed E-state index contributed by atoms with van der Waals surface area (Å²) in [6, 6.07) is 3.50. The van der Waals surface area contributed by atoms with E-state index < -0.39 is 0 Å². The van der Waals surface area contributed by atoms with E-state index in [0.717, 1.165) is 12.0 Å². The van der Waals surface area contributed by atoms with Crippen LogP contribution in [0, 0.1) is 0 Å². The molecule has 1 N–H and O–H groups in total. The van der Waals surface area contributed by atoms with Crippen molar-refractivity contribution in [2.45, 2.75) is 13.3 Å². The highest BCUT2D eigenvalue weighted by molar-refractivity contribution is 6.32. The molecule has 0 aliphatic heterocycles. The van der Waals surface area contributed by atoms with E-state index in [1.165, 1.54) is 6.08 Å². The summed E-state index contributed by atoms with van der Waals surface area (Å²) in [6.07, 6.45) is 3.98. The number of amides is 1. The van der Waals surface area contributed by atoms with Crippen molar-refractivity contribution in [1.29, 1.82) is 0 Å². The van der Waals surface area contributed by atoms with Gasteiger partial charge in [-0.2, -0.15) is 0 Å². The Morgan fingerprint density at radius 3 is 2.73 bits per heavy atom. The summed E-state index contributed by atoms with van der Waals surface area (Å²) in [5.74, 6) is 0.867. The van der Waals surface area contributed by atoms with Gasteiger partial charge in [0.25, 0.3) is 0 Å². The number of halogens is 1. The fourth-order valence-corrected chi connectivity index (χ4v) is 1.96. The third-order valence-electron chi connectivity index (χ3n) is 2.73. The summed E-state index contributed by atoms with van der Waals surface area (Å²) in [5, 5.41) is 3.15. The molecule has 0 radical (unpaired) electrons. The highest BCUT2D eigenvalue weighted by Crippen LogP contribution is 2.36. The van der Waals surface area contributed by atoms with E-state index in [4.69, 9.17) is 25.8 Å². The second-order valence-corrected chi connectivity index (χ2v) is 4.91. The van der Waals surface area contributed by atoms with Crippen molar-refractivity contribution in [2.75, 3.05) is 34.0 Å². The lowest BCUT2D eigenvalue weighted by atomic mass is 10.2. The Labute approximate surface area is 136 Å². The third kappa shape index (κ3) is 5.95. The molecule has 5 nitrogen and oxygen atoms in total. The second kappa shape index (κ2) is 10.1. The summed E-state index contributed by atoms with van der Waals surface area (Å²) in [6.45, 7) is 3.52. The molecule has 122 valence electrons. The van der Waals surface area contributed by atoms with Crippen LogP contribution in [0.3, 0.4) is 0 Å². The van der Waals surface area contributed by atoms with Gasteiger partial charge in [-0.25, -0.2) is 0 Å². The Morgan fingerprint density at radius 1 is 1.32 bits per heavy atom. The van der Waals surface area contributed by atoms with Gasteiger partial charge in [-0.05, 0) is 30.2 Å². The molecule has 0 spiro atoms. The maximum atomic E-state index is 11.6. The van der Waals surface area contributed by atoms with E-state index in [1.807, 2.05) is 6.92 Å². The predicted octanol–water partition coefficient (Wildman–Crippen LogP) is 2.91. The lowest BCUT2D eigenvalue weighted by Crippen LogP contribution is -2.24. The number of carbonyl (C=O) groups excluding carboxylic acids is 1. The van der Waals surface area contributed by atoms with Crippen molar-refractivity contribution in [1.82, 2.24) is 5.32 Å². The van der Waals surface area contributed by atoms with Crippen LogP contribution in [0.15, 0.2) is 18.2 Å². The van der Waals surface area contributed by atoms with Crippen molar-refractivity contribution < 1.29 is 19.0 Å². The molecule has 0 saturated heterocycles. The van der Waals surface area contributed by atoms with Crippen LogP contribution in [0.25, 0.3) is 6.08 Å². The first kappa shape index (κ1) is 18.3. The smallest absolute Gasteiger partial charge is 0.244 e. The van der Waals surface area contributed by atoms with E-state index in [0.29, 0.717) is 36.3 Å². The molecular formula is C16H22ClNO4. The topological polar surface area (TPSA) is 56.8 Å². The van der Waals surface area contributed by atoms with Crippen LogP contribution in [0.2, 0.25) is 5.02 Å². The fraction of sp³-hybridized carbons (Fsp3) is 0.438. The average Bonchev–Trinajstić information content (AvgIpc) is 2.51. The Bertz CT molecular complexity index is 517. The normalized spacial score (nSPS) is 10.7. The molecule has 0 aliphatic rings. The van der Waals surface area contributed by atoms with Crippen LogP contribution in [0.5, 0.6) is 11.5 Å². The number of hydrogen-bond acceptors (Lipinski definition) is 4. The van der Waals surface area contributed by atoms with Crippen molar-refractivity contribution in [3.05, 3.63) is 28.8 Å². The van der Waals surface area contributed by atoms with Crippen LogP contribution in [0.4, 0.5) is 0 Å². The van der Waals surface area contributed by atoms with Gasteiger partial charge in [0.05, 0.1) is 25.3 Å². The summed E-state index contributed by atoms with van der Waals surface area (Å²) in [5.41, 5.74) is 0.757. The van der Waals surface area contributed by atoms with E-state index in [-0.39, 0.29) is 5.91 Å². The largest absolute Gasteiger partial charge is 0.493 e. The van der Waals surface area contributed by atoms with Crippen LogP contribution < -0.4 is 14.8 Å². The van der Waals surface area contributed by atoms with Crippen molar-refractivity contribution in [3.63, 3.8) is 0 Å². The molecule has 1 aromatic rings. The van der Waals surface area contributed by atoms with Gasteiger partial charge in [-0.3, -0.25) is 4.79 Å². The molecule has 0 saturated carbocycles. The highest BCUT2D eigenvalue weighted by atomic mass is 35.5. The molecular weight excluding hydrogens is 306 g/mol. The molecule has 1 aromatic carbocycles. The minimum Gasteiger partial charge on any atom is -0.493 e. The molecule has 22 heavy (non-hydrogen) atoms. The maximum Gasteiger partial charge on any atom is 0.244 e. The monoisotopic (exact) mass is 327 g/mol. The van der Waals surface area contributed by atoms with Gasteiger partial charge in [-0.1, -0.05) is 18.5 Å². The van der Waals surface area contributed by atoms with Crippen molar-refractivity contribution in [2.24, 2.45) is 0 Å². The van der Waals surface area contributed by atoms with E-state index in [2.05, 4.69) is 5.32 Å².